The van der Waals surface area contributed by atoms with E-state index in [0.717, 1.165) is 23.1 Å². The third kappa shape index (κ3) is 3.16. The number of hydrogen-bond donors (Lipinski definition) is 3. The summed E-state index contributed by atoms with van der Waals surface area (Å²) in [6.45, 7) is 0. The Bertz CT molecular complexity index is 589. The van der Waals surface area contributed by atoms with Gasteiger partial charge in [-0.25, -0.2) is 0 Å². The van der Waals surface area contributed by atoms with Crippen molar-refractivity contribution in [3.63, 3.8) is 0 Å². The van der Waals surface area contributed by atoms with Gasteiger partial charge in [0.2, 0.25) is 0 Å². The lowest BCUT2D eigenvalue weighted by molar-refractivity contribution is 1.17. The number of anilines is 3. The van der Waals surface area contributed by atoms with E-state index in [1.165, 1.54) is 22.4 Å². The zero-order chi connectivity index (χ0) is 15.2. The van der Waals surface area contributed by atoms with E-state index in [2.05, 4.69) is 68.3 Å². The van der Waals surface area contributed by atoms with Gasteiger partial charge in [0, 0.05) is 54.7 Å². The molecule has 0 radical (unpaired) electrons. The minimum atomic E-state index is 0.956. The van der Waals surface area contributed by atoms with Crippen LogP contribution in [-0.2, 0) is 6.42 Å². The van der Waals surface area contributed by atoms with E-state index in [0.29, 0.717) is 0 Å². The van der Waals surface area contributed by atoms with E-state index in [4.69, 9.17) is 0 Å². The lowest BCUT2D eigenvalue weighted by atomic mass is 9.96. The van der Waals surface area contributed by atoms with Crippen molar-refractivity contribution in [1.82, 2.24) is 0 Å². The van der Waals surface area contributed by atoms with Crippen LogP contribution < -0.4 is 16.0 Å². The molecule has 0 atom stereocenters. The number of hydrogen-bond acceptors (Lipinski definition) is 3. The van der Waals surface area contributed by atoms with E-state index >= 15 is 0 Å². The zero-order valence-electron chi connectivity index (χ0n) is 12.8. The third-order valence-electron chi connectivity index (χ3n) is 3.64. The molecule has 2 rings (SSSR count). The van der Waals surface area contributed by atoms with E-state index in [1.807, 2.05) is 21.1 Å². The van der Waals surface area contributed by atoms with Crippen molar-refractivity contribution in [1.29, 1.82) is 0 Å². The molecular formula is C17H22BrN3. The molecule has 0 aromatic heterocycles. The normalized spacial score (nSPS) is 10.3. The summed E-state index contributed by atoms with van der Waals surface area (Å²) in [6.07, 6.45) is 1.00. The molecule has 0 fully saturated rings. The lowest BCUT2D eigenvalue weighted by Gasteiger charge is -2.19. The van der Waals surface area contributed by atoms with Gasteiger partial charge in [-0.15, -0.1) is 0 Å². The second-order valence-electron chi connectivity index (χ2n) is 4.76. The van der Waals surface area contributed by atoms with Crippen molar-refractivity contribution in [2.45, 2.75) is 6.42 Å². The monoisotopic (exact) mass is 347 g/mol. The molecule has 0 spiro atoms. The summed E-state index contributed by atoms with van der Waals surface area (Å²) in [5.74, 6) is 0. The molecule has 2 aromatic carbocycles. The SMILES string of the molecule is CNc1cccc(NC)c1-c1cccc(CCBr)c1NC. The maximum atomic E-state index is 3.53. The minimum Gasteiger partial charge on any atom is -0.388 e. The number of rotatable bonds is 6. The van der Waals surface area contributed by atoms with Crippen LogP contribution in [0.2, 0.25) is 0 Å². The van der Waals surface area contributed by atoms with Crippen LogP contribution in [0.15, 0.2) is 36.4 Å². The number of halogens is 1. The molecule has 0 bridgehead atoms. The second-order valence-corrected chi connectivity index (χ2v) is 5.55. The fourth-order valence-electron chi connectivity index (χ4n) is 2.67. The van der Waals surface area contributed by atoms with Gasteiger partial charge in [-0.2, -0.15) is 0 Å². The van der Waals surface area contributed by atoms with Gasteiger partial charge < -0.3 is 16.0 Å². The molecule has 21 heavy (non-hydrogen) atoms. The van der Waals surface area contributed by atoms with Gasteiger partial charge in [-0.05, 0) is 24.1 Å². The molecule has 0 saturated heterocycles. The summed E-state index contributed by atoms with van der Waals surface area (Å²) in [6, 6.07) is 12.7. The van der Waals surface area contributed by atoms with Crippen molar-refractivity contribution >= 4 is 33.0 Å². The Kier molecular flexibility index (Phi) is 5.51. The molecule has 0 aliphatic carbocycles. The van der Waals surface area contributed by atoms with Gasteiger partial charge in [0.05, 0.1) is 0 Å². The first-order valence-corrected chi connectivity index (χ1v) is 8.23. The quantitative estimate of drug-likeness (QED) is 0.677. The minimum absolute atomic E-state index is 0.956. The molecule has 3 N–H and O–H groups in total. The highest BCUT2D eigenvalue weighted by Gasteiger charge is 2.15. The summed E-state index contributed by atoms with van der Waals surface area (Å²) in [4.78, 5) is 0. The first-order chi connectivity index (χ1) is 10.3. The summed E-state index contributed by atoms with van der Waals surface area (Å²) >= 11 is 3.53. The predicted octanol–water partition coefficient (Wildman–Crippen LogP) is 4.42. The Balaban J connectivity index is 2.69. The number of aryl methyl sites for hydroxylation is 1. The van der Waals surface area contributed by atoms with E-state index in [-0.39, 0.29) is 0 Å². The third-order valence-corrected chi connectivity index (χ3v) is 4.03. The molecular weight excluding hydrogens is 326 g/mol. The number of para-hydroxylation sites is 1. The first kappa shape index (κ1) is 15.7. The Hall–Kier alpha value is -1.68. The van der Waals surface area contributed by atoms with Crippen LogP contribution in [0, 0.1) is 0 Å². The largest absolute Gasteiger partial charge is 0.388 e. The summed E-state index contributed by atoms with van der Waals surface area (Å²) in [5, 5.41) is 10.9. The molecule has 112 valence electrons. The number of nitrogens with one attached hydrogen (secondary N) is 3. The van der Waals surface area contributed by atoms with Crippen molar-refractivity contribution in [3.05, 3.63) is 42.0 Å². The Morgan fingerprint density at radius 3 is 2.00 bits per heavy atom. The maximum Gasteiger partial charge on any atom is 0.0451 e. The topological polar surface area (TPSA) is 36.1 Å². The smallest absolute Gasteiger partial charge is 0.0451 e. The summed E-state index contributed by atoms with van der Waals surface area (Å²) < 4.78 is 0. The Labute approximate surface area is 135 Å². The lowest BCUT2D eigenvalue weighted by Crippen LogP contribution is -2.03. The first-order valence-electron chi connectivity index (χ1n) is 7.11. The van der Waals surface area contributed by atoms with Crippen molar-refractivity contribution in [2.75, 3.05) is 42.4 Å². The Morgan fingerprint density at radius 2 is 1.48 bits per heavy atom. The van der Waals surface area contributed by atoms with Crippen LogP contribution in [0.1, 0.15) is 5.56 Å². The average molecular weight is 348 g/mol. The van der Waals surface area contributed by atoms with Gasteiger partial charge in [-0.1, -0.05) is 40.2 Å². The number of benzene rings is 2. The molecule has 0 heterocycles. The fraction of sp³-hybridized carbons (Fsp3) is 0.294. The van der Waals surface area contributed by atoms with Crippen LogP contribution in [-0.4, -0.2) is 26.5 Å². The van der Waals surface area contributed by atoms with E-state index < -0.39 is 0 Å². The predicted molar refractivity (Wildman–Crippen MR) is 98.0 cm³/mol. The van der Waals surface area contributed by atoms with Gasteiger partial charge in [0.15, 0.2) is 0 Å². The summed E-state index contributed by atoms with van der Waals surface area (Å²) in [7, 11) is 5.90. The summed E-state index contributed by atoms with van der Waals surface area (Å²) in [5.41, 5.74) is 7.16. The van der Waals surface area contributed by atoms with Crippen molar-refractivity contribution in [2.24, 2.45) is 0 Å². The average Bonchev–Trinajstić information content (AvgIpc) is 2.54. The van der Waals surface area contributed by atoms with E-state index in [9.17, 15) is 0 Å². The van der Waals surface area contributed by atoms with Gasteiger partial charge in [-0.3, -0.25) is 0 Å². The van der Waals surface area contributed by atoms with E-state index in [1.54, 1.807) is 0 Å². The molecule has 0 saturated carbocycles. The highest BCUT2D eigenvalue weighted by Crippen LogP contribution is 2.40. The van der Waals surface area contributed by atoms with Crippen LogP contribution in [0.4, 0.5) is 17.1 Å². The zero-order valence-corrected chi connectivity index (χ0v) is 14.3. The molecule has 0 amide bonds. The van der Waals surface area contributed by atoms with Gasteiger partial charge >= 0.3 is 0 Å². The fourth-order valence-corrected chi connectivity index (χ4v) is 3.10. The van der Waals surface area contributed by atoms with Crippen molar-refractivity contribution in [3.8, 4) is 11.1 Å². The number of alkyl halides is 1. The highest BCUT2D eigenvalue weighted by atomic mass is 79.9. The molecule has 0 aliphatic heterocycles. The maximum absolute atomic E-state index is 3.53. The van der Waals surface area contributed by atoms with Gasteiger partial charge in [0.1, 0.15) is 0 Å². The van der Waals surface area contributed by atoms with Crippen LogP contribution in [0.5, 0.6) is 0 Å². The van der Waals surface area contributed by atoms with Crippen LogP contribution >= 0.6 is 15.9 Å². The standard InChI is InChI=1S/C17H22BrN3/c1-19-14-8-5-9-15(20-2)16(14)13-7-4-6-12(10-11-18)17(13)21-3/h4-9,19-21H,10-11H2,1-3H3. The highest BCUT2D eigenvalue weighted by molar-refractivity contribution is 9.09. The molecule has 2 aromatic rings. The van der Waals surface area contributed by atoms with Crippen molar-refractivity contribution < 1.29 is 0 Å². The molecule has 4 heteroatoms. The molecule has 0 unspecified atom stereocenters. The second kappa shape index (κ2) is 7.36. The van der Waals surface area contributed by atoms with Crippen LogP contribution in [0.3, 0.4) is 0 Å². The Morgan fingerprint density at radius 1 is 0.857 bits per heavy atom. The molecule has 3 nitrogen and oxygen atoms in total. The van der Waals surface area contributed by atoms with Gasteiger partial charge in [0.25, 0.3) is 0 Å². The van der Waals surface area contributed by atoms with Crippen LogP contribution in [0.25, 0.3) is 11.1 Å². The molecule has 0 aliphatic rings.